The lowest BCUT2D eigenvalue weighted by molar-refractivity contribution is -0.122. The van der Waals surface area contributed by atoms with Crippen LogP contribution in [0.25, 0.3) is 0 Å². The number of nitrogens with one attached hydrogen (secondary N) is 2. The van der Waals surface area contributed by atoms with Gasteiger partial charge in [-0.2, -0.15) is 0 Å². The highest BCUT2D eigenvalue weighted by molar-refractivity contribution is 6.08. The van der Waals surface area contributed by atoms with Gasteiger partial charge in [-0.05, 0) is 42.5 Å². The molecule has 172 valence electrons. The normalized spacial score (nSPS) is 16.4. The molecule has 3 heterocycles. The summed E-state index contributed by atoms with van der Waals surface area (Å²) in [6.07, 6.45) is 1.47. The van der Waals surface area contributed by atoms with E-state index in [1.54, 1.807) is 30.3 Å². The third-order valence-electron chi connectivity index (χ3n) is 5.55. The van der Waals surface area contributed by atoms with Gasteiger partial charge in [0.25, 0.3) is 5.91 Å². The number of hydrogen-bond donors (Lipinski definition) is 2. The summed E-state index contributed by atoms with van der Waals surface area (Å²) in [5, 5.41) is 5.28. The summed E-state index contributed by atoms with van der Waals surface area (Å²) < 4.78 is 24.6. The SMILES string of the molecule is O=C(Nc1ccc(F)cc1NC(=O)C1CC(=O)N(c2ccc3c(c2)OCO3)C1)c1ccccn1. The van der Waals surface area contributed by atoms with Crippen LogP contribution in [0.2, 0.25) is 0 Å². The molecule has 0 bridgehead atoms. The average Bonchev–Trinajstić information content (AvgIpc) is 3.47. The van der Waals surface area contributed by atoms with Crippen molar-refractivity contribution in [2.75, 3.05) is 28.9 Å². The summed E-state index contributed by atoms with van der Waals surface area (Å²) in [5.41, 5.74) is 1.06. The number of anilines is 3. The molecular formula is C24H19FN4O5. The first kappa shape index (κ1) is 21.4. The van der Waals surface area contributed by atoms with Crippen LogP contribution in [0.5, 0.6) is 11.5 Å². The minimum Gasteiger partial charge on any atom is -0.454 e. The van der Waals surface area contributed by atoms with Crippen LogP contribution in [0, 0.1) is 11.7 Å². The van der Waals surface area contributed by atoms with Crippen molar-refractivity contribution in [2.45, 2.75) is 6.42 Å². The maximum absolute atomic E-state index is 13.9. The van der Waals surface area contributed by atoms with Gasteiger partial charge in [0.2, 0.25) is 18.6 Å². The van der Waals surface area contributed by atoms with E-state index < -0.39 is 23.5 Å². The first-order valence-electron chi connectivity index (χ1n) is 10.5. The number of aromatic nitrogens is 1. The summed E-state index contributed by atoms with van der Waals surface area (Å²) in [4.78, 5) is 43.5. The highest BCUT2D eigenvalue weighted by Crippen LogP contribution is 2.37. The van der Waals surface area contributed by atoms with Gasteiger partial charge in [-0.15, -0.1) is 0 Å². The Morgan fingerprint density at radius 1 is 1.00 bits per heavy atom. The molecule has 0 aliphatic carbocycles. The molecule has 2 aliphatic rings. The van der Waals surface area contributed by atoms with Gasteiger partial charge >= 0.3 is 0 Å². The van der Waals surface area contributed by atoms with Crippen molar-refractivity contribution in [1.82, 2.24) is 4.98 Å². The van der Waals surface area contributed by atoms with Crippen LogP contribution in [0.1, 0.15) is 16.9 Å². The first-order valence-corrected chi connectivity index (χ1v) is 10.5. The average molecular weight is 462 g/mol. The van der Waals surface area contributed by atoms with Crippen molar-refractivity contribution in [3.8, 4) is 11.5 Å². The largest absolute Gasteiger partial charge is 0.454 e. The van der Waals surface area contributed by atoms with E-state index in [0.29, 0.717) is 17.2 Å². The number of benzene rings is 2. The highest BCUT2D eigenvalue weighted by Gasteiger charge is 2.36. The lowest BCUT2D eigenvalue weighted by atomic mass is 10.1. The van der Waals surface area contributed by atoms with Gasteiger partial charge in [0.15, 0.2) is 11.5 Å². The topological polar surface area (TPSA) is 110 Å². The number of ether oxygens (including phenoxy) is 2. The molecule has 1 fully saturated rings. The van der Waals surface area contributed by atoms with Crippen LogP contribution in [0.3, 0.4) is 0 Å². The third kappa shape index (κ3) is 4.25. The van der Waals surface area contributed by atoms with Gasteiger partial charge in [0.1, 0.15) is 11.5 Å². The number of hydrogen-bond acceptors (Lipinski definition) is 6. The van der Waals surface area contributed by atoms with Gasteiger partial charge in [-0.25, -0.2) is 4.39 Å². The molecule has 34 heavy (non-hydrogen) atoms. The Hall–Kier alpha value is -4.47. The Balaban J connectivity index is 1.30. The second-order valence-electron chi connectivity index (χ2n) is 7.79. The minimum absolute atomic E-state index is 0.00871. The van der Waals surface area contributed by atoms with E-state index in [2.05, 4.69) is 15.6 Å². The maximum Gasteiger partial charge on any atom is 0.274 e. The number of rotatable bonds is 5. The number of amides is 3. The Labute approximate surface area is 193 Å². The number of nitrogens with zero attached hydrogens (tertiary/aromatic N) is 2. The van der Waals surface area contributed by atoms with E-state index in [-0.39, 0.29) is 42.7 Å². The van der Waals surface area contributed by atoms with Crippen LogP contribution in [0.15, 0.2) is 60.8 Å². The second kappa shape index (κ2) is 8.81. The fraction of sp³-hybridized carbons (Fsp3) is 0.167. The molecule has 3 aromatic rings. The summed E-state index contributed by atoms with van der Waals surface area (Å²) >= 11 is 0. The van der Waals surface area contributed by atoms with Crippen molar-refractivity contribution in [3.05, 3.63) is 72.3 Å². The highest BCUT2D eigenvalue weighted by atomic mass is 19.1. The summed E-state index contributed by atoms with van der Waals surface area (Å²) in [6, 6.07) is 13.6. The van der Waals surface area contributed by atoms with Gasteiger partial charge in [-0.3, -0.25) is 19.4 Å². The summed E-state index contributed by atoms with van der Waals surface area (Å²) in [6.45, 7) is 0.264. The van der Waals surface area contributed by atoms with Crippen molar-refractivity contribution >= 4 is 34.8 Å². The molecule has 3 amide bonds. The predicted octanol–water partition coefficient (Wildman–Crippen LogP) is 3.19. The maximum atomic E-state index is 13.9. The van der Waals surface area contributed by atoms with E-state index >= 15 is 0 Å². The Bertz CT molecular complexity index is 1280. The van der Waals surface area contributed by atoms with Gasteiger partial charge in [0.05, 0.1) is 17.3 Å². The van der Waals surface area contributed by atoms with E-state index in [9.17, 15) is 18.8 Å². The molecule has 2 aliphatic heterocycles. The van der Waals surface area contributed by atoms with E-state index in [1.165, 1.54) is 29.3 Å². The van der Waals surface area contributed by atoms with E-state index in [4.69, 9.17) is 9.47 Å². The summed E-state index contributed by atoms with van der Waals surface area (Å²) in [7, 11) is 0. The van der Waals surface area contributed by atoms with Crippen LogP contribution in [-0.4, -0.2) is 36.0 Å². The molecule has 1 unspecified atom stereocenters. The lowest BCUT2D eigenvalue weighted by Crippen LogP contribution is -2.28. The summed E-state index contributed by atoms with van der Waals surface area (Å²) in [5.74, 6) is -1.32. The Morgan fingerprint density at radius 2 is 1.85 bits per heavy atom. The molecule has 5 rings (SSSR count). The second-order valence-corrected chi connectivity index (χ2v) is 7.79. The number of carbonyl (C=O) groups is 3. The fourth-order valence-corrected chi connectivity index (χ4v) is 3.83. The Kier molecular flexibility index (Phi) is 5.54. The molecule has 9 nitrogen and oxygen atoms in total. The zero-order valence-electron chi connectivity index (χ0n) is 17.8. The van der Waals surface area contributed by atoms with Crippen molar-refractivity contribution in [1.29, 1.82) is 0 Å². The minimum atomic E-state index is -0.666. The fourth-order valence-electron chi connectivity index (χ4n) is 3.83. The smallest absolute Gasteiger partial charge is 0.274 e. The molecule has 0 radical (unpaired) electrons. The van der Waals surface area contributed by atoms with Crippen LogP contribution in [-0.2, 0) is 9.59 Å². The molecule has 10 heteroatoms. The number of pyridine rings is 1. The standard InChI is InChI=1S/C24H19FN4O5/c25-15-4-6-17(27-24(32)18-3-1-2-8-26-18)19(10-15)28-23(31)14-9-22(30)29(12-14)16-5-7-20-21(11-16)34-13-33-20/h1-8,10-11,14H,9,12-13H2,(H,27,32)(H,28,31). The molecule has 1 saturated heterocycles. The first-order chi connectivity index (χ1) is 16.5. The van der Waals surface area contributed by atoms with Gasteiger partial charge < -0.3 is 25.0 Å². The van der Waals surface area contributed by atoms with Gasteiger partial charge in [-0.1, -0.05) is 6.07 Å². The lowest BCUT2D eigenvalue weighted by Gasteiger charge is -2.18. The molecule has 0 spiro atoms. The molecule has 2 N–H and O–H groups in total. The van der Waals surface area contributed by atoms with Gasteiger partial charge in [0, 0.05) is 30.9 Å². The van der Waals surface area contributed by atoms with E-state index in [1.807, 2.05) is 0 Å². The molecule has 1 aromatic heterocycles. The van der Waals surface area contributed by atoms with Crippen molar-refractivity contribution in [3.63, 3.8) is 0 Å². The van der Waals surface area contributed by atoms with E-state index in [0.717, 1.165) is 6.07 Å². The number of halogens is 1. The zero-order valence-corrected chi connectivity index (χ0v) is 17.8. The Morgan fingerprint density at radius 3 is 2.68 bits per heavy atom. The quantitative estimate of drug-likeness (QED) is 0.603. The number of carbonyl (C=O) groups excluding carboxylic acids is 3. The zero-order chi connectivity index (χ0) is 23.7. The molecule has 2 aromatic carbocycles. The van der Waals surface area contributed by atoms with Crippen molar-refractivity contribution in [2.24, 2.45) is 5.92 Å². The molecular weight excluding hydrogens is 443 g/mol. The van der Waals surface area contributed by atoms with Crippen molar-refractivity contribution < 1.29 is 28.2 Å². The monoisotopic (exact) mass is 462 g/mol. The van der Waals surface area contributed by atoms with Crippen LogP contribution < -0.4 is 25.0 Å². The van der Waals surface area contributed by atoms with Crippen LogP contribution >= 0.6 is 0 Å². The molecule has 1 atom stereocenters. The predicted molar refractivity (Wildman–Crippen MR) is 120 cm³/mol. The van der Waals surface area contributed by atoms with Crippen LogP contribution in [0.4, 0.5) is 21.5 Å². The molecule has 0 saturated carbocycles. The third-order valence-corrected chi connectivity index (χ3v) is 5.55. The number of fused-ring (bicyclic) bond motifs is 1.